The van der Waals surface area contributed by atoms with Gasteiger partial charge >= 0.3 is 0 Å². The topological polar surface area (TPSA) is 77.1 Å². The second-order valence-corrected chi connectivity index (χ2v) is 6.46. The van der Waals surface area contributed by atoms with Crippen molar-refractivity contribution in [2.75, 3.05) is 11.6 Å². The molecule has 6 nitrogen and oxygen atoms in total. The predicted octanol–water partition coefficient (Wildman–Crippen LogP) is 3.64. The average molecular weight is 369 g/mol. The van der Waals surface area contributed by atoms with Crippen molar-refractivity contribution in [3.05, 3.63) is 65.1 Å². The van der Waals surface area contributed by atoms with E-state index in [9.17, 15) is 9.59 Å². The van der Waals surface area contributed by atoms with E-state index >= 15 is 0 Å². The Hall–Kier alpha value is -2.80. The molecule has 0 aliphatic rings. The molecule has 0 radical (unpaired) electrons. The molecule has 2 heterocycles. The van der Waals surface area contributed by atoms with Gasteiger partial charge in [0.05, 0.1) is 12.0 Å². The minimum Gasteiger partial charge on any atom is -0.463 e. The number of furan rings is 1. The Morgan fingerprint density at radius 2 is 2.04 bits per heavy atom. The fraction of sp³-hybridized carbons (Fsp3) is 0.211. The van der Waals surface area contributed by atoms with Crippen LogP contribution in [0.15, 0.2) is 68.9 Å². The number of nitrogens with zero attached hydrogens (tertiary/aromatic N) is 2. The van der Waals surface area contributed by atoms with E-state index in [1.807, 2.05) is 30.5 Å². The van der Waals surface area contributed by atoms with Gasteiger partial charge in [-0.05, 0) is 43.0 Å². The Morgan fingerprint density at radius 1 is 1.19 bits per heavy atom. The Labute approximate surface area is 155 Å². The lowest BCUT2D eigenvalue weighted by molar-refractivity contribution is -0.116. The monoisotopic (exact) mass is 369 g/mol. The fourth-order valence-corrected chi connectivity index (χ4v) is 3.07. The fourth-order valence-electron chi connectivity index (χ4n) is 2.51. The van der Waals surface area contributed by atoms with Gasteiger partial charge in [0.15, 0.2) is 5.76 Å². The number of hydrogen-bond donors (Lipinski definition) is 1. The largest absolute Gasteiger partial charge is 0.463 e. The Kier molecular flexibility index (Phi) is 5.91. The summed E-state index contributed by atoms with van der Waals surface area (Å²) in [6.45, 7) is 0.366. The molecule has 2 aromatic heterocycles. The lowest BCUT2D eigenvalue weighted by Gasteiger charge is -2.09. The average Bonchev–Trinajstić information content (AvgIpc) is 3.18. The Bertz CT molecular complexity index is 935. The molecule has 1 amide bonds. The number of anilines is 1. The first-order valence-electron chi connectivity index (χ1n) is 8.22. The highest BCUT2D eigenvalue weighted by molar-refractivity contribution is 7.98. The molecule has 134 valence electrons. The molecule has 0 saturated carbocycles. The summed E-state index contributed by atoms with van der Waals surface area (Å²) in [4.78, 5) is 25.1. The van der Waals surface area contributed by atoms with E-state index in [4.69, 9.17) is 4.42 Å². The van der Waals surface area contributed by atoms with Crippen molar-refractivity contribution in [3.8, 4) is 11.5 Å². The number of hydrogen-bond acceptors (Lipinski definition) is 5. The summed E-state index contributed by atoms with van der Waals surface area (Å²) < 4.78 is 6.66. The van der Waals surface area contributed by atoms with Crippen LogP contribution in [0.1, 0.15) is 12.8 Å². The van der Waals surface area contributed by atoms with Gasteiger partial charge in [-0.15, -0.1) is 11.8 Å². The summed E-state index contributed by atoms with van der Waals surface area (Å²) in [7, 11) is 0. The van der Waals surface area contributed by atoms with Crippen molar-refractivity contribution >= 4 is 23.4 Å². The normalized spacial score (nSPS) is 10.7. The zero-order valence-corrected chi connectivity index (χ0v) is 15.2. The molecule has 0 spiro atoms. The van der Waals surface area contributed by atoms with Crippen LogP contribution in [-0.2, 0) is 11.3 Å². The predicted molar refractivity (Wildman–Crippen MR) is 102 cm³/mol. The highest BCUT2D eigenvalue weighted by Gasteiger charge is 2.08. The van der Waals surface area contributed by atoms with Crippen LogP contribution in [0.3, 0.4) is 0 Å². The second kappa shape index (κ2) is 8.53. The van der Waals surface area contributed by atoms with Gasteiger partial charge in [0.2, 0.25) is 5.91 Å². The SMILES string of the molecule is CSc1ccccc1NC(=O)CCCn1nc(-c2ccco2)ccc1=O. The van der Waals surface area contributed by atoms with Gasteiger partial charge in [0, 0.05) is 23.9 Å². The molecular weight excluding hydrogens is 350 g/mol. The molecule has 0 aliphatic heterocycles. The first-order chi connectivity index (χ1) is 12.7. The van der Waals surface area contributed by atoms with Gasteiger partial charge in [-0.1, -0.05) is 12.1 Å². The van der Waals surface area contributed by atoms with Gasteiger partial charge in [-0.2, -0.15) is 5.10 Å². The van der Waals surface area contributed by atoms with Crippen molar-refractivity contribution in [2.24, 2.45) is 0 Å². The smallest absolute Gasteiger partial charge is 0.266 e. The summed E-state index contributed by atoms with van der Waals surface area (Å²) in [5.74, 6) is 0.520. The maximum absolute atomic E-state index is 12.2. The van der Waals surface area contributed by atoms with Gasteiger partial charge in [0.1, 0.15) is 5.69 Å². The summed E-state index contributed by atoms with van der Waals surface area (Å²) in [5.41, 5.74) is 1.20. The van der Waals surface area contributed by atoms with E-state index in [2.05, 4.69) is 10.4 Å². The van der Waals surface area contributed by atoms with E-state index in [0.717, 1.165) is 10.6 Å². The van der Waals surface area contributed by atoms with Crippen LogP contribution >= 0.6 is 11.8 Å². The standard InChI is InChI=1S/C19H19N3O3S/c1-26-17-8-3-2-6-15(17)20-18(23)9-4-12-22-19(24)11-10-14(21-22)16-7-5-13-25-16/h2-3,5-8,10-11,13H,4,9,12H2,1H3,(H,20,23). The van der Waals surface area contributed by atoms with Crippen LogP contribution in [0, 0.1) is 0 Å². The molecule has 26 heavy (non-hydrogen) atoms. The molecular formula is C19H19N3O3S. The highest BCUT2D eigenvalue weighted by Crippen LogP contribution is 2.24. The molecule has 1 aromatic carbocycles. The Morgan fingerprint density at radius 3 is 2.81 bits per heavy atom. The van der Waals surface area contributed by atoms with E-state index in [0.29, 0.717) is 30.8 Å². The third kappa shape index (κ3) is 4.43. The number of benzene rings is 1. The van der Waals surface area contributed by atoms with Crippen LogP contribution in [0.4, 0.5) is 5.69 Å². The van der Waals surface area contributed by atoms with Gasteiger partial charge in [-0.3, -0.25) is 9.59 Å². The van der Waals surface area contributed by atoms with E-state index in [1.165, 1.54) is 10.7 Å². The number of aryl methyl sites for hydroxylation is 1. The summed E-state index contributed by atoms with van der Waals surface area (Å²) in [6.07, 6.45) is 4.35. The van der Waals surface area contributed by atoms with Gasteiger partial charge in [-0.25, -0.2) is 4.68 Å². The third-order valence-corrected chi connectivity index (χ3v) is 4.59. The van der Waals surface area contributed by atoms with Crippen LogP contribution < -0.4 is 10.9 Å². The van der Waals surface area contributed by atoms with Gasteiger partial charge in [0.25, 0.3) is 5.56 Å². The van der Waals surface area contributed by atoms with Crippen LogP contribution in [-0.4, -0.2) is 21.9 Å². The number of nitrogens with one attached hydrogen (secondary N) is 1. The zero-order chi connectivity index (χ0) is 18.4. The van der Waals surface area contributed by atoms with Crippen LogP contribution in [0.5, 0.6) is 0 Å². The number of amides is 1. The molecule has 0 bridgehead atoms. The summed E-state index contributed by atoms with van der Waals surface area (Å²) in [6, 6.07) is 14.3. The van der Waals surface area contributed by atoms with Crippen LogP contribution in [0.25, 0.3) is 11.5 Å². The highest BCUT2D eigenvalue weighted by atomic mass is 32.2. The van der Waals surface area contributed by atoms with E-state index < -0.39 is 0 Å². The minimum absolute atomic E-state index is 0.0817. The molecule has 0 unspecified atom stereocenters. The Balaban J connectivity index is 1.58. The maximum atomic E-state index is 12.2. The molecule has 7 heteroatoms. The maximum Gasteiger partial charge on any atom is 0.266 e. The minimum atomic E-state index is -0.201. The number of rotatable bonds is 7. The van der Waals surface area contributed by atoms with Crippen LogP contribution in [0.2, 0.25) is 0 Å². The summed E-state index contributed by atoms with van der Waals surface area (Å²) >= 11 is 1.58. The first kappa shape index (κ1) is 18.0. The lowest BCUT2D eigenvalue weighted by atomic mass is 10.2. The third-order valence-electron chi connectivity index (χ3n) is 3.80. The molecule has 1 N–H and O–H groups in total. The molecule has 0 fully saturated rings. The molecule has 3 aromatic rings. The van der Waals surface area contributed by atoms with Crippen molar-refractivity contribution in [3.63, 3.8) is 0 Å². The first-order valence-corrected chi connectivity index (χ1v) is 9.45. The number of carbonyl (C=O) groups excluding carboxylic acids is 1. The lowest BCUT2D eigenvalue weighted by Crippen LogP contribution is -2.23. The summed E-state index contributed by atoms with van der Waals surface area (Å²) in [5, 5.41) is 7.21. The number of carbonyl (C=O) groups is 1. The number of para-hydroxylation sites is 1. The molecule has 0 saturated heterocycles. The van der Waals surface area contributed by atoms with Crippen molar-refractivity contribution in [1.29, 1.82) is 0 Å². The quantitative estimate of drug-likeness (QED) is 0.643. The van der Waals surface area contributed by atoms with Crippen molar-refractivity contribution in [2.45, 2.75) is 24.3 Å². The molecule has 0 aliphatic carbocycles. The second-order valence-electron chi connectivity index (χ2n) is 5.61. The van der Waals surface area contributed by atoms with E-state index in [-0.39, 0.29) is 11.5 Å². The van der Waals surface area contributed by atoms with Crippen molar-refractivity contribution in [1.82, 2.24) is 9.78 Å². The molecule has 0 atom stereocenters. The zero-order valence-electron chi connectivity index (χ0n) is 14.3. The van der Waals surface area contributed by atoms with Gasteiger partial charge < -0.3 is 9.73 Å². The van der Waals surface area contributed by atoms with Crippen molar-refractivity contribution < 1.29 is 9.21 Å². The number of thioether (sulfide) groups is 1. The van der Waals surface area contributed by atoms with E-state index in [1.54, 1.807) is 36.2 Å². The number of aromatic nitrogens is 2. The molecule has 3 rings (SSSR count).